The third-order valence-corrected chi connectivity index (χ3v) is 7.97. The second kappa shape index (κ2) is 7.05. The summed E-state index contributed by atoms with van der Waals surface area (Å²) in [6.07, 6.45) is 0. The van der Waals surface area contributed by atoms with Crippen molar-refractivity contribution in [2.24, 2.45) is 0 Å². The number of rotatable bonds is 2. The van der Waals surface area contributed by atoms with Crippen LogP contribution < -0.4 is 0 Å². The molecule has 0 aliphatic rings. The molecular formula is C31H18N2OS. The van der Waals surface area contributed by atoms with Crippen LogP contribution in [0.15, 0.2) is 114 Å². The van der Waals surface area contributed by atoms with Crippen molar-refractivity contribution in [2.45, 2.75) is 0 Å². The van der Waals surface area contributed by atoms with Crippen LogP contribution in [0.3, 0.4) is 0 Å². The lowest BCUT2D eigenvalue weighted by atomic mass is 10.1. The fourth-order valence-corrected chi connectivity index (χ4v) is 6.39. The minimum Gasteiger partial charge on any atom is -0.436 e. The van der Waals surface area contributed by atoms with E-state index in [9.17, 15) is 0 Å². The standard InChI is InChI=1S/C31H18N2OS/c1-2-8-20(9-3-1)33-24-12-6-4-10-21(24)22-15-14-19(18-25(22)33)31-32-30-26(34-31)16-17-28-29(30)23-11-5-7-13-27(23)35-28/h1-18H. The third kappa shape index (κ3) is 2.69. The molecule has 0 radical (unpaired) electrons. The van der Waals surface area contributed by atoms with Crippen LogP contribution >= 0.6 is 11.3 Å². The average molecular weight is 467 g/mol. The number of benzene rings is 5. The van der Waals surface area contributed by atoms with Gasteiger partial charge >= 0.3 is 0 Å². The van der Waals surface area contributed by atoms with Crippen molar-refractivity contribution >= 4 is 64.4 Å². The van der Waals surface area contributed by atoms with Gasteiger partial charge in [-0.2, -0.15) is 0 Å². The monoisotopic (exact) mass is 466 g/mol. The molecule has 8 aromatic rings. The van der Waals surface area contributed by atoms with Gasteiger partial charge < -0.3 is 8.98 Å². The minimum atomic E-state index is 0.648. The highest BCUT2D eigenvalue weighted by molar-refractivity contribution is 7.26. The number of hydrogen-bond acceptors (Lipinski definition) is 3. The van der Waals surface area contributed by atoms with Crippen LogP contribution in [0, 0.1) is 0 Å². The molecule has 0 bridgehead atoms. The predicted octanol–water partition coefficient (Wildman–Crippen LogP) is 8.96. The molecule has 0 amide bonds. The van der Waals surface area contributed by atoms with Crippen LogP contribution in [-0.4, -0.2) is 9.55 Å². The molecular weight excluding hydrogens is 448 g/mol. The molecule has 0 aliphatic carbocycles. The van der Waals surface area contributed by atoms with E-state index < -0.39 is 0 Å². The second-order valence-corrected chi connectivity index (χ2v) is 9.91. The summed E-state index contributed by atoms with van der Waals surface area (Å²) in [5.41, 5.74) is 6.19. The number of hydrogen-bond donors (Lipinski definition) is 0. The first-order valence-corrected chi connectivity index (χ1v) is 12.5. The second-order valence-electron chi connectivity index (χ2n) is 8.82. The van der Waals surface area contributed by atoms with Gasteiger partial charge in [0.15, 0.2) is 5.58 Å². The van der Waals surface area contributed by atoms with Gasteiger partial charge in [-0.1, -0.05) is 60.7 Å². The molecule has 3 heterocycles. The smallest absolute Gasteiger partial charge is 0.227 e. The van der Waals surface area contributed by atoms with Crippen molar-refractivity contribution in [3.05, 3.63) is 109 Å². The summed E-state index contributed by atoms with van der Waals surface area (Å²) >= 11 is 1.80. The van der Waals surface area contributed by atoms with Gasteiger partial charge in [0.1, 0.15) is 5.52 Å². The summed E-state index contributed by atoms with van der Waals surface area (Å²) in [5, 5.41) is 4.87. The van der Waals surface area contributed by atoms with Gasteiger partial charge in [-0.25, -0.2) is 4.98 Å². The summed E-state index contributed by atoms with van der Waals surface area (Å²) in [7, 11) is 0. The molecule has 164 valence electrons. The van der Waals surface area contributed by atoms with E-state index in [-0.39, 0.29) is 0 Å². The predicted molar refractivity (Wildman–Crippen MR) is 147 cm³/mol. The Balaban J connectivity index is 1.41. The van der Waals surface area contributed by atoms with Crippen LogP contribution in [-0.2, 0) is 0 Å². The highest BCUT2D eigenvalue weighted by Gasteiger charge is 2.17. The fraction of sp³-hybridized carbons (Fsp3) is 0. The Morgan fingerprint density at radius 2 is 1.40 bits per heavy atom. The van der Waals surface area contributed by atoms with Crippen molar-refractivity contribution in [2.75, 3.05) is 0 Å². The molecule has 0 saturated heterocycles. The Hall–Kier alpha value is -4.41. The van der Waals surface area contributed by atoms with Gasteiger partial charge in [0.05, 0.1) is 11.0 Å². The molecule has 0 aliphatic heterocycles. The summed E-state index contributed by atoms with van der Waals surface area (Å²) in [6.45, 7) is 0. The molecule has 0 unspecified atom stereocenters. The molecule has 35 heavy (non-hydrogen) atoms. The maximum atomic E-state index is 6.33. The fourth-order valence-electron chi connectivity index (χ4n) is 5.28. The van der Waals surface area contributed by atoms with Crippen LogP contribution in [0.4, 0.5) is 0 Å². The summed E-state index contributed by atoms with van der Waals surface area (Å²) in [6, 6.07) is 38.3. The Morgan fingerprint density at radius 3 is 2.31 bits per heavy atom. The molecule has 0 fully saturated rings. The number of aromatic nitrogens is 2. The van der Waals surface area contributed by atoms with Gasteiger partial charge in [0, 0.05) is 42.2 Å². The maximum absolute atomic E-state index is 6.33. The van der Waals surface area contributed by atoms with Crippen molar-refractivity contribution in [1.82, 2.24) is 9.55 Å². The molecule has 0 saturated carbocycles. The van der Waals surface area contributed by atoms with Gasteiger partial charge in [-0.3, -0.25) is 0 Å². The summed E-state index contributed by atoms with van der Waals surface area (Å²) < 4.78 is 11.2. The quantitative estimate of drug-likeness (QED) is 0.255. The van der Waals surface area contributed by atoms with E-state index in [4.69, 9.17) is 9.40 Å². The van der Waals surface area contributed by atoms with E-state index in [1.54, 1.807) is 11.3 Å². The van der Waals surface area contributed by atoms with E-state index >= 15 is 0 Å². The lowest BCUT2D eigenvalue weighted by Gasteiger charge is -2.07. The maximum Gasteiger partial charge on any atom is 0.227 e. The zero-order chi connectivity index (χ0) is 22.9. The Kier molecular flexibility index (Phi) is 3.82. The number of nitrogens with zero attached hydrogens (tertiary/aromatic N) is 2. The first-order valence-electron chi connectivity index (χ1n) is 11.6. The largest absolute Gasteiger partial charge is 0.436 e. The summed E-state index contributed by atoms with van der Waals surface area (Å²) in [5.74, 6) is 0.648. The van der Waals surface area contributed by atoms with Gasteiger partial charge in [-0.15, -0.1) is 11.3 Å². The Morgan fingerprint density at radius 1 is 0.629 bits per heavy atom. The van der Waals surface area contributed by atoms with Gasteiger partial charge in [0.25, 0.3) is 0 Å². The molecule has 0 spiro atoms. The lowest BCUT2D eigenvalue weighted by molar-refractivity contribution is 0.620. The summed E-state index contributed by atoms with van der Waals surface area (Å²) in [4.78, 5) is 5.03. The van der Waals surface area contributed by atoms with E-state index in [0.29, 0.717) is 5.89 Å². The number of fused-ring (bicyclic) bond motifs is 8. The number of thiophene rings is 1. The lowest BCUT2D eigenvalue weighted by Crippen LogP contribution is -1.93. The molecule has 0 atom stereocenters. The number of para-hydroxylation sites is 2. The molecule has 5 aromatic carbocycles. The average Bonchev–Trinajstić information content (AvgIpc) is 3.60. The minimum absolute atomic E-state index is 0.648. The Bertz CT molecular complexity index is 2060. The van der Waals surface area contributed by atoms with Gasteiger partial charge in [0.2, 0.25) is 5.89 Å². The van der Waals surface area contributed by atoms with Crippen LogP contribution in [0.1, 0.15) is 0 Å². The first-order chi connectivity index (χ1) is 17.3. The van der Waals surface area contributed by atoms with Crippen LogP contribution in [0.2, 0.25) is 0 Å². The van der Waals surface area contributed by atoms with E-state index in [2.05, 4.69) is 108 Å². The highest BCUT2D eigenvalue weighted by Crippen LogP contribution is 2.40. The first kappa shape index (κ1) is 19.0. The van der Waals surface area contributed by atoms with Crippen LogP contribution in [0.5, 0.6) is 0 Å². The van der Waals surface area contributed by atoms with Gasteiger partial charge in [-0.05, 0) is 48.5 Å². The SMILES string of the molecule is c1ccc(-n2c3ccccc3c3ccc(-c4nc5c(ccc6sc7ccccc7c65)o4)cc32)cc1. The van der Waals surface area contributed by atoms with Crippen molar-refractivity contribution in [3.63, 3.8) is 0 Å². The van der Waals surface area contributed by atoms with Crippen LogP contribution in [0.25, 0.3) is 70.2 Å². The van der Waals surface area contributed by atoms with Crippen molar-refractivity contribution in [3.8, 4) is 17.1 Å². The molecule has 0 N–H and O–H groups in total. The van der Waals surface area contributed by atoms with E-state index in [1.165, 1.54) is 36.5 Å². The molecule has 8 rings (SSSR count). The topological polar surface area (TPSA) is 31.0 Å². The molecule has 3 nitrogen and oxygen atoms in total. The Labute approximate surface area is 204 Å². The van der Waals surface area contributed by atoms with E-state index in [0.717, 1.165) is 27.9 Å². The zero-order valence-corrected chi connectivity index (χ0v) is 19.4. The highest BCUT2D eigenvalue weighted by atomic mass is 32.1. The molecule has 4 heteroatoms. The third-order valence-electron chi connectivity index (χ3n) is 6.83. The van der Waals surface area contributed by atoms with E-state index in [1.807, 2.05) is 6.07 Å². The normalized spacial score (nSPS) is 12.0. The van der Waals surface area contributed by atoms with Crippen molar-refractivity contribution in [1.29, 1.82) is 0 Å². The molecule has 3 aromatic heterocycles. The number of oxazole rings is 1. The van der Waals surface area contributed by atoms with Crippen molar-refractivity contribution < 1.29 is 4.42 Å². The zero-order valence-electron chi connectivity index (χ0n) is 18.6.